The Morgan fingerprint density at radius 1 is 1.50 bits per heavy atom. The van der Waals surface area contributed by atoms with Gasteiger partial charge in [0.05, 0.1) is 12.6 Å². The smallest absolute Gasteiger partial charge is 0.314 e. The average Bonchev–Trinajstić information content (AvgIpc) is 2.05. The lowest BCUT2D eigenvalue weighted by atomic mass is 9.85. The first-order valence-corrected chi connectivity index (χ1v) is 4.75. The lowest BCUT2D eigenvalue weighted by Crippen LogP contribution is -2.66. The normalized spacial score (nSPS) is 29.8. The standard InChI is InChI=1S/C9H17NO2/c1-2-12-9(11)7-5-3-4-6-8(7)10/h7-8H,2-6,10H2,1H3/p+1/t7-,8-/m0/s1. The van der Waals surface area contributed by atoms with E-state index in [1.54, 1.807) is 0 Å². The van der Waals surface area contributed by atoms with Crippen LogP contribution in [0.5, 0.6) is 0 Å². The highest BCUT2D eigenvalue weighted by molar-refractivity contribution is 5.73. The fourth-order valence-electron chi connectivity index (χ4n) is 1.77. The van der Waals surface area contributed by atoms with Gasteiger partial charge in [-0.2, -0.15) is 0 Å². The van der Waals surface area contributed by atoms with E-state index < -0.39 is 0 Å². The summed E-state index contributed by atoms with van der Waals surface area (Å²) < 4.78 is 4.97. The average molecular weight is 172 g/mol. The van der Waals surface area contributed by atoms with E-state index in [1.807, 2.05) is 6.92 Å². The molecule has 0 amide bonds. The first-order chi connectivity index (χ1) is 5.75. The van der Waals surface area contributed by atoms with E-state index in [1.165, 1.54) is 6.42 Å². The Labute approximate surface area is 73.3 Å². The lowest BCUT2D eigenvalue weighted by Gasteiger charge is -2.23. The summed E-state index contributed by atoms with van der Waals surface area (Å²) in [6.45, 7) is 2.33. The predicted molar refractivity (Wildman–Crippen MR) is 45.3 cm³/mol. The molecule has 1 fully saturated rings. The number of esters is 1. The van der Waals surface area contributed by atoms with Crippen molar-refractivity contribution < 1.29 is 15.3 Å². The van der Waals surface area contributed by atoms with Gasteiger partial charge in [0.1, 0.15) is 5.92 Å². The van der Waals surface area contributed by atoms with Crippen LogP contribution in [0, 0.1) is 5.92 Å². The maximum atomic E-state index is 11.3. The van der Waals surface area contributed by atoms with Crippen LogP contribution in [0.3, 0.4) is 0 Å². The van der Waals surface area contributed by atoms with Crippen LogP contribution in [0.4, 0.5) is 0 Å². The van der Waals surface area contributed by atoms with Gasteiger partial charge in [0, 0.05) is 6.42 Å². The molecule has 0 aromatic carbocycles. The minimum Gasteiger partial charge on any atom is -0.466 e. The number of carbonyl (C=O) groups is 1. The molecule has 0 aromatic rings. The molecule has 1 aliphatic rings. The molecule has 1 rings (SSSR count). The topological polar surface area (TPSA) is 53.9 Å². The zero-order chi connectivity index (χ0) is 8.97. The van der Waals surface area contributed by atoms with E-state index in [4.69, 9.17) is 4.74 Å². The molecule has 12 heavy (non-hydrogen) atoms. The van der Waals surface area contributed by atoms with Crippen molar-refractivity contribution in [2.24, 2.45) is 5.92 Å². The summed E-state index contributed by atoms with van der Waals surface area (Å²) >= 11 is 0. The monoisotopic (exact) mass is 172 g/mol. The molecule has 1 aliphatic carbocycles. The van der Waals surface area contributed by atoms with Gasteiger partial charge in [-0.25, -0.2) is 0 Å². The van der Waals surface area contributed by atoms with E-state index in [0.29, 0.717) is 6.61 Å². The molecule has 0 saturated heterocycles. The second-order valence-electron chi connectivity index (χ2n) is 3.40. The van der Waals surface area contributed by atoms with Crippen LogP contribution in [0.15, 0.2) is 0 Å². The summed E-state index contributed by atoms with van der Waals surface area (Å²) in [4.78, 5) is 11.3. The molecular formula is C9H18NO2+. The number of quaternary nitrogens is 1. The Bertz CT molecular complexity index is 159. The number of hydrogen-bond acceptors (Lipinski definition) is 2. The van der Waals surface area contributed by atoms with E-state index in [-0.39, 0.29) is 17.9 Å². The molecule has 3 nitrogen and oxygen atoms in total. The van der Waals surface area contributed by atoms with Crippen LogP contribution < -0.4 is 5.73 Å². The van der Waals surface area contributed by atoms with E-state index in [9.17, 15) is 4.79 Å². The van der Waals surface area contributed by atoms with Crippen molar-refractivity contribution in [2.45, 2.75) is 38.6 Å². The molecule has 3 N–H and O–H groups in total. The maximum Gasteiger partial charge on any atom is 0.314 e. The van der Waals surface area contributed by atoms with Gasteiger partial charge in [0.25, 0.3) is 0 Å². The summed E-state index contributed by atoms with van der Waals surface area (Å²) in [6.07, 6.45) is 4.40. The van der Waals surface area contributed by atoms with Crippen molar-refractivity contribution in [2.75, 3.05) is 6.61 Å². The lowest BCUT2D eigenvalue weighted by molar-refractivity contribution is -0.435. The van der Waals surface area contributed by atoms with Crippen molar-refractivity contribution in [3.05, 3.63) is 0 Å². The zero-order valence-corrected chi connectivity index (χ0v) is 7.71. The Balaban J connectivity index is 2.42. The van der Waals surface area contributed by atoms with Crippen LogP contribution in [-0.2, 0) is 9.53 Å². The van der Waals surface area contributed by atoms with Gasteiger partial charge in [-0.05, 0) is 19.8 Å². The zero-order valence-electron chi connectivity index (χ0n) is 7.71. The van der Waals surface area contributed by atoms with Gasteiger partial charge in [-0.15, -0.1) is 0 Å². The minimum atomic E-state index is -0.0443. The Morgan fingerprint density at radius 3 is 2.75 bits per heavy atom. The summed E-state index contributed by atoms with van der Waals surface area (Å²) in [7, 11) is 0. The van der Waals surface area contributed by atoms with Crippen molar-refractivity contribution in [3.63, 3.8) is 0 Å². The van der Waals surface area contributed by atoms with E-state index in [2.05, 4.69) is 5.73 Å². The molecular weight excluding hydrogens is 154 g/mol. The number of hydrogen-bond donors (Lipinski definition) is 1. The molecule has 2 atom stereocenters. The van der Waals surface area contributed by atoms with Gasteiger partial charge >= 0.3 is 5.97 Å². The highest BCUT2D eigenvalue weighted by atomic mass is 16.5. The first kappa shape index (κ1) is 9.52. The van der Waals surface area contributed by atoms with Gasteiger partial charge in [-0.1, -0.05) is 6.42 Å². The Hall–Kier alpha value is -0.570. The van der Waals surface area contributed by atoms with Crippen LogP contribution in [-0.4, -0.2) is 18.6 Å². The maximum absolute atomic E-state index is 11.3. The van der Waals surface area contributed by atoms with Crippen LogP contribution in [0.2, 0.25) is 0 Å². The third-order valence-corrected chi connectivity index (χ3v) is 2.50. The Kier molecular flexibility index (Phi) is 3.53. The molecule has 0 unspecified atom stereocenters. The quantitative estimate of drug-likeness (QED) is 0.611. The molecule has 0 aromatic heterocycles. The van der Waals surface area contributed by atoms with E-state index >= 15 is 0 Å². The van der Waals surface area contributed by atoms with Crippen molar-refractivity contribution >= 4 is 5.97 Å². The van der Waals surface area contributed by atoms with Crippen LogP contribution in [0.1, 0.15) is 32.6 Å². The van der Waals surface area contributed by atoms with Crippen LogP contribution >= 0.6 is 0 Å². The fourth-order valence-corrected chi connectivity index (χ4v) is 1.77. The summed E-state index contributed by atoms with van der Waals surface area (Å²) in [5, 5.41) is 0. The highest BCUT2D eigenvalue weighted by Gasteiger charge is 2.31. The van der Waals surface area contributed by atoms with Crippen molar-refractivity contribution in [1.29, 1.82) is 0 Å². The second kappa shape index (κ2) is 4.45. The van der Waals surface area contributed by atoms with E-state index in [0.717, 1.165) is 19.3 Å². The highest BCUT2D eigenvalue weighted by Crippen LogP contribution is 2.22. The molecule has 0 aliphatic heterocycles. The third-order valence-electron chi connectivity index (χ3n) is 2.50. The van der Waals surface area contributed by atoms with Crippen molar-refractivity contribution in [1.82, 2.24) is 0 Å². The van der Waals surface area contributed by atoms with Gasteiger partial charge in [-0.3, -0.25) is 4.79 Å². The molecule has 0 bridgehead atoms. The second-order valence-corrected chi connectivity index (χ2v) is 3.40. The molecule has 3 heteroatoms. The number of rotatable bonds is 2. The van der Waals surface area contributed by atoms with Gasteiger partial charge in [0.15, 0.2) is 0 Å². The molecule has 70 valence electrons. The fraction of sp³-hybridized carbons (Fsp3) is 0.889. The summed E-state index contributed by atoms with van der Waals surface area (Å²) in [5.74, 6) is 0.0240. The Morgan fingerprint density at radius 2 is 2.17 bits per heavy atom. The van der Waals surface area contributed by atoms with Crippen LogP contribution in [0.25, 0.3) is 0 Å². The molecule has 0 radical (unpaired) electrons. The minimum absolute atomic E-state index is 0.0443. The van der Waals surface area contributed by atoms with Crippen molar-refractivity contribution in [3.8, 4) is 0 Å². The molecule has 1 saturated carbocycles. The largest absolute Gasteiger partial charge is 0.466 e. The first-order valence-electron chi connectivity index (χ1n) is 4.75. The van der Waals surface area contributed by atoms with Gasteiger partial charge < -0.3 is 10.5 Å². The molecule has 0 spiro atoms. The number of ether oxygens (including phenoxy) is 1. The SMILES string of the molecule is CCOC(=O)[C@H]1CCCC[C@@H]1[NH3+]. The number of carbonyl (C=O) groups excluding carboxylic acids is 1. The predicted octanol–water partition coefficient (Wildman–Crippen LogP) is 0.350. The summed E-state index contributed by atoms with van der Waals surface area (Å²) in [5.41, 5.74) is 3.98. The summed E-state index contributed by atoms with van der Waals surface area (Å²) in [6, 6.07) is 0.276. The van der Waals surface area contributed by atoms with Gasteiger partial charge in [0.2, 0.25) is 0 Å². The molecule has 0 heterocycles. The third kappa shape index (κ3) is 2.21.